The van der Waals surface area contributed by atoms with Crippen LogP contribution in [0.5, 0.6) is 11.8 Å². The molecule has 4 rings (SSSR count). The Kier molecular flexibility index (Phi) is 4.22. The maximum absolute atomic E-state index is 12.5. The SMILES string of the molecule is O=C(c1ccc2cc(Oc3ncccn3)ccc2n1)N1CCNCC1. The van der Waals surface area contributed by atoms with Gasteiger partial charge in [0.15, 0.2) is 0 Å². The third kappa shape index (κ3) is 3.41. The number of ether oxygens (including phenoxy) is 1. The molecular weight excluding hydrogens is 318 g/mol. The summed E-state index contributed by atoms with van der Waals surface area (Å²) in [5.74, 6) is 0.600. The molecule has 1 fully saturated rings. The summed E-state index contributed by atoms with van der Waals surface area (Å²) >= 11 is 0. The van der Waals surface area contributed by atoms with Gasteiger partial charge in [-0.25, -0.2) is 15.0 Å². The first kappa shape index (κ1) is 15.5. The molecule has 0 saturated carbocycles. The Morgan fingerprint density at radius 2 is 1.88 bits per heavy atom. The van der Waals surface area contributed by atoms with Crippen molar-refractivity contribution in [1.82, 2.24) is 25.2 Å². The lowest BCUT2D eigenvalue weighted by Gasteiger charge is -2.27. The van der Waals surface area contributed by atoms with E-state index in [1.807, 2.05) is 23.1 Å². The summed E-state index contributed by atoms with van der Waals surface area (Å²) in [6, 6.07) is 11.2. The zero-order valence-corrected chi connectivity index (χ0v) is 13.6. The number of pyridine rings is 1. The Hall–Kier alpha value is -3.06. The largest absolute Gasteiger partial charge is 0.424 e. The summed E-state index contributed by atoms with van der Waals surface area (Å²) in [6.07, 6.45) is 3.25. The minimum absolute atomic E-state index is 0.0265. The molecule has 1 N–H and O–H groups in total. The molecule has 1 saturated heterocycles. The predicted molar refractivity (Wildman–Crippen MR) is 92.6 cm³/mol. The first-order valence-electron chi connectivity index (χ1n) is 8.15. The number of carbonyl (C=O) groups is 1. The molecule has 3 heterocycles. The van der Waals surface area contributed by atoms with Crippen LogP contribution in [-0.4, -0.2) is 51.9 Å². The summed E-state index contributed by atoms with van der Waals surface area (Å²) < 4.78 is 5.63. The number of fused-ring (bicyclic) bond motifs is 1. The number of rotatable bonds is 3. The maximum atomic E-state index is 12.5. The van der Waals surface area contributed by atoms with E-state index in [1.165, 1.54) is 0 Å². The van der Waals surface area contributed by atoms with Crippen LogP contribution in [0.2, 0.25) is 0 Å². The number of nitrogens with zero attached hydrogens (tertiary/aromatic N) is 4. The summed E-state index contributed by atoms with van der Waals surface area (Å²) in [5.41, 5.74) is 1.22. The van der Waals surface area contributed by atoms with Crippen LogP contribution >= 0.6 is 0 Å². The van der Waals surface area contributed by atoms with E-state index in [0.717, 1.165) is 24.0 Å². The molecule has 1 aliphatic heterocycles. The second-order valence-electron chi connectivity index (χ2n) is 5.73. The minimum Gasteiger partial charge on any atom is -0.424 e. The number of benzene rings is 1. The first-order chi connectivity index (χ1) is 12.3. The standard InChI is InChI=1S/C18H17N5O2/c24-17(23-10-8-19-9-11-23)16-4-2-13-12-14(3-5-15(13)22-16)25-18-20-6-1-7-21-18/h1-7,12,19H,8-11H2. The van der Waals surface area contributed by atoms with Crippen LogP contribution in [0.3, 0.4) is 0 Å². The molecule has 25 heavy (non-hydrogen) atoms. The van der Waals surface area contributed by atoms with Crippen LogP contribution in [0.4, 0.5) is 0 Å². The number of carbonyl (C=O) groups excluding carboxylic acids is 1. The molecule has 1 aliphatic rings. The van der Waals surface area contributed by atoms with E-state index in [-0.39, 0.29) is 5.91 Å². The number of hydrogen-bond donors (Lipinski definition) is 1. The Labute approximate surface area is 144 Å². The molecule has 7 heteroatoms. The van der Waals surface area contributed by atoms with E-state index in [1.54, 1.807) is 30.6 Å². The van der Waals surface area contributed by atoms with Crippen molar-refractivity contribution in [2.45, 2.75) is 0 Å². The van der Waals surface area contributed by atoms with Gasteiger partial charge in [0.2, 0.25) is 0 Å². The number of piperazine rings is 1. The lowest BCUT2D eigenvalue weighted by atomic mass is 10.2. The van der Waals surface area contributed by atoms with Crippen LogP contribution < -0.4 is 10.1 Å². The fourth-order valence-electron chi connectivity index (χ4n) is 2.76. The molecule has 1 amide bonds. The number of amides is 1. The van der Waals surface area contributed by atoms with Crippen molar-refractivity contribution in [3.8, 4) is 11.8 Å². The van der Waals surface area contributed by atoms with Crippen molar-refractivity contribution in [1.29, 1.82) is 0 Å². The Morgan fingerprint density at radius 3 is 2.68 bits per heavy atom. The van der Waals surface area contributed by atoms with Gasteiger partial charge in [-0.05, 0) is 30.3 Å². The van der Waals surface area contributed by atoms with Crippen molar-refractivity contribution >= 4 is 16.8 Å². The van der Waals surface area contributed by atoms with E-state index in [2.05, 4.69) is 20.3 Å². The lowest BCUT2D eigenvalue weighted by molar-refractivity contribution is 0.0730. The molecule has 0 spiro atoms. The zero-order valence-electron chi connectivity index (χ0n) is 13.6. The Balaban J connectivity index is 1.57. The van der Waals surface area contributed by atoms with Crippen LogP contribution in [0.25, 0.3) is 10.9 Å². The van der Waals surface area contributed by atoms with E-state index in [9.17, 15) is 4.79 Å². The predicted octanol–water partition coefficient (Wildman–Crippen LogP) is 1.86. The van der Waals surface area contributed by atoms with Gasteiger partial charge >= 0.3 is 6.01 Å². The molecule has 1 aromatic carbocycles. The van der Waals surface area contributed by atoms with Crippen LogP contribution in [0, 0.1) is 0 Å². The molecule has 7 nitrogen and oxygen atoms in total. The second kappa shape index (κ2) is 6.82. The van der Waals surface area contributed by atoms with Crippen LogP contribution in [-0.2, 0) is 0 Å². The van der Waals surface area contributed by atoms with E-state index < -0.39 is 0 Å². The summed E-state index contributed by atoms with van der Waals surface area (Å²) in [7, 11) is 0. The molecule has 2 aromatic heterocycles. The van der Waals surface area contributed by atoms with Gasteiger partial charge in [0.1, 0.15) is 11.4 Å². The van der Waals surface area contributed by atoms with Crippen LogP contribution in [0.15, 0.2) is 48.8 Å². The number of nitrogens with one attached hydrogen (secondary N) is 1. The minimum atomic E-state index is -0.0265. The van der Waals surface area contributed by atoms with Gasteiger partial charge in [0, 0.05) is 44.0 Å². The van der Waals surface area contributed by atoms with Crippen LogP contribution in [0.1, 0.15) is 10.5 Å². The number of aromatic nitrogens is 3. The topological polar surface area (TPSA) is 80.2 Å². The Morgan fingerprint density at radius 1 is 1.08 bits per heavy atom. The highest BCUT2D eigenvalue weighted by Gasteiger charge is 2.19. The van der Waals surface area contributed by atoms with Gasteiger partial charge in [-0.3, -0.25) is 4.79 Å². The molecule has 0 unspecified atom stereocenters. The molecule has 0 bridgehead atoms. The lowest BCUT2D eigenvalue weighted by Crippen LogP contribution is -2.46. The van der Waals surface area contributed by atoms with Gasteiger partial charge < -0.3 is 15.0 Å². The van der Waals surface area contributed by atoms with Gasteiger partial charge in [-0.2, -0.15) is 0 Å². The third-order valence-corrected chi connectivity index (χ3v) is 4.04. The van der Waals surface area contributed by atoms with Gasteiger partial charge in [0.05, 0.1) is 5.52 Å². The highest BCUT2D eigenvalue weighted by molar-refractivity contribution is 5.95. The first-order valence-corrected chi connectivity index (χ1v) is 8.15. The average Bonchev–Trinajstić information content (AvgIpc) is 2.68. The van der Waals surface area contributed by atoms with Crippen molar-refractivity contribution < 1.29 is 9.53 Å². The van der Waals surface area contributed by atoms with Crippen molar-refractivity contribution in [2.24, 2.45) is 0 Å². The van der Waals surface area contributed by atoms with Crippen molar-refractivity contribution in [3.05, 3.63) is 54.5 Å². The van der Waals surface area contributed by atoms with Gasteiger partial charge in [-0.1, -0.05) is 6.07 Å². The maximum Gasteiger partial charge on any atom is 0.321 e. The van der Waals surface area contributed by atoms with Crippen molar-refractivity contribution in [3.63, 3.8) is 0 Å². The highest BCUT2D eigenvalue weighted by Crippen LogP contribution is 2.23. The van der Waals surface area contributed by atoms with Gasteiger partial charge in [0.25, 0.3) is 5.91 Å². The van der Waals surface area contributed by atoms with E-state index in [4.69, 9.17) is 4.74 Å². The molecule has 0 aliphatic carbocycles. The monoisotopic (exact) mass is 335 g/mol. The summed E-state index contributed by atoms with van der Waals surface area (Å²) in [6.45, 7) is 3.06. The van der Waals surface area contributed by atoms with E-state index >= 15 is 0 Å². The molecule has 3 aromatic rings. The zero-order chi connectivity index (χ0) is 17.1. The molecule has 0 radical (unpaired) electrons. The average molecular weight is 335 g/mol. The second-order valence-corrected chi connectivity index (χ2v) is 5.73. The molecule has 126 valence electrons. The number of hydrogen-bond acceptors (Lipinski definition) is 6. The quantitative estimate of drug-likeness (QED) is 0.787. The van der Waals surface area contributed by atoms with Gasteiger partial charge in [-0.15, -0.1) is 0 Å². The van der Waals surface area contributed by atoms with Crippen molar-refractivity contribution in [2.75, 3.05) is 26.2 Å². The third-order valence-electron chi connectivity index (χ3n) is 4.04. The van der Waals surface area contributed by atoms with E-state index in [0.29, 0.717) is 30.5 Å². The summed E-state index contributed by atoms with van der Waals surface area (Å²) in [4.78, 5) is 27.0. The smallest absolute Gasteiger partial charge is 0.321 e. The fourth-order valence-corrected chi connectivity index (χ4v) is 2.76. The summed E-state index contributed by atoms with van der Waals surface area (Å²) in [5, 5.41) is 4.13. The molecule has 0 atom stereocenters. The Bertz CT molecular complexity index is 894. The normalized spacial score (nSPS) is 14.5. The fraction of sp³-hybridized carbons (Fsp3) is 0.222. The molecular formula is C18H17N5O2. The highest BCUT2D eigenvalue weighted by atomic mass is 16.5.